The summed E-state index contributed by atoms with van der Waals surface area (Å²) in [6, 6.07) is -0.915. The number of alkyl halides is 1. The van der Waals surface area contributed by atoms with Crippen molar-refractivity contribution >= 4 is 11.9 Å². The number of carbonyl (C=O) groups excluding carboxylic acids is 2. The van der Waals surface area contributed by atoms with Crippen LogP contribution in [0.25, 0.3) is 0 Å². The van der Waals surface area contributed by atoms with Gasteiger partial charge in [0.1, 0.15) is 18.3 Å². The van der Waals surface area contributed by atoms with Crippen molar-refractivity contribution in [2.45, 2.75) is 30.7 Å². The molecule has 2 aliphatic rings. The van der Waals surface area contributed by atoms with Crippen LogP contribution in [0.15, 0.2) is 0 Å². The van der Waals surface area contributed by atoms with Gasteiger partial charge in [0.15, 0.2) is 12.4 Å². The summed E-state index contributed by atoms with van der Waals surface area (Å²) in [7, 11) is 0. The second-order valence-electron chi connectivity index (χ2n) is 4.19. The summed E-state index contributed by atoms with van der Waals surface area (Å²) in [4.78, 5) is 23.1. The number of hydrogen-bond donors (Lipinski definition) is 4. The van der Waals surface area contributed by atoms with Gasteiger partial charge in [-0.3, -0.25) is 15.0 Å². The Morgan fingerprint density at radius 1 is 1.28 bits per heavy atom. The topological polar surface area (TPSA) is 119 Å². The Kier molecular flexibility index (Phi) is 3.48. The molecule has 0 aromatic rings. The molecule has 9 heteroatoms. The fraction of sp³-hybridized carbons (Fsp3) is 0.778. The summed E-state index contributed by atoms with van der Waals surface area (Å²) < 4.78 is 18.2. The molecule has 4 N–H and O–H groups in total. The van der Waals surface area contributed by atoms with Gasteiger partial charge in [0.2, 0.25) is 0 Å². The van der Waals surface area contributed by atoms with E-state index in [0.717, 1.165) is 4.90 Å². The Morgan fingerprint density at radius 3 is 2.61 bits per heavy atom. The maximum Gasteiger partial charge on any atom is 0.326 e. The number of imide groups is 1. The van der Waals surface area contributed by atoms with E-state index in [4.69, 9.17) is 4.74 Å². The van der Waals surface area contributed by atoms with Gasteiger partial charge < -0.3 is 20.1 Å². The number of carbonyl (C=O) groups is 2. The molecule has 0 bridgehead atoms. The highest BCUT2D eigenvalue weighted by atomic mass is 19.1. The van der Waals surface area contributed by atoms with E-state index in [0.29, 0.717) is 0 Å². The Balaban J connectivity index is 2.11. The molecular formula is C9H13FN2O6. The van der Waals surface area contributed by atoms with Crippen LogP contribution in [0.1, 0.15) is 0 Å². The second kappa shape index (κ2) is 4.76. The SMILES string of the molecule is O=C1NC(=O)N([C@@H]2OC[C@@H](O)[C@@H](O)[C@H]2O)CC1F. The Hall–Kier alpha value is -1.29. The summed E-state index contributed by atoms with van der Waals surface area (Å²) in [5.74, 6) is -1.05. The third kappa shape index (κ3) is 2.17. The van der Waals surface area contributed by atoms with E-state index < -0.39 is 49.2 Å². The largest absolute Gasteiger partial charge is 0.388 e. The molecule has 102 valence electrons. The van der Waals surface area contributed by atoms with Gasteiger partial charge in [-0.05, 0) is 0 Å². The summed E-state index contributed by atoms with van der Waals surface area (Å²) in [6.45, 7) is -0.882. The van der Waals surface area contributed by atoms with E-state index in [9.17, 15) is 29.3 Å². The van der Waals surface area contributed by atoms with Crippen LogP contribution in [0.4, 0.5) is 9.18 Å². The van der Waals surface area contributed by atoms with Crippen LogP contribution in [0, 0.1) is 0 Å². The molecule has 2 aliphatic heterocycles. The van der Waals surface area contributed by atoms with Gasteiger partial charge in [0, 0.05) is 0 Å². The minimum atomic E-state index is -1.93. The zero-order chi connectivity index (χ0) is 13.4. The van der Waals surface area contributed by atoms with Crippen LogP contribution in [-0.2, 0) is 9.53 Å². The Morgan fingerprint density at radius 2 is 1.94 bits per heavy atom. The van der Waals surface area contributed by atoms with E-state index in [1.807, 2.05) is 0 Å². The molecule has 2 heterocycles. The average molecular weight is 264 g/mol. The van der Waals surface area contributed by atoms with E-state index in [1.54, 1.807) is 5.32 Å². The quantitative estimate of drug-likeness (QED) is 0.409. The first-order valence-corrected chi connectivity index (χ1v) is 5.33. The number of hydrogen-bond acceptors (Lipinski definition) is 6. The lowest BCUT2D eigenvalue weighted by Crippen LogP contribution is -2.66. The van der Waals surface area contributed by atoms with Crippen molar-refractivity contribution in [3.63, 3.8) is 0 Å². The fourth-order valence-corrected chi connectivity index (χ4v) is 1.88. The van der Waals surface area contributed by atoms with Crippen LogP contribution < -0.4 is 5.32 Å². The number of rotatable bonds is 1. The standard InChI is InChI=1S/C9H13FN2O6/c10-3-1-12(9(17)11-7(3)16)8-6(15)5(14)4(13)2-18-8/h3-6,8,13-15H,1-2H2,(H,11,16,17)/t3?,4-,5-,6-,8-/m1/s1. The predicted molar refractivity (Wildman–Crippen MR) is 52.9 cm³/mol. The van der Waals surface area contributed by atoms with Gasteiger partial charge in [-0.2, -0.15) is 0 Å². The third-order valence-corrected chi connectivity index (χ3v) is 2.91. The second-order valence-corrected chi connectivity index (χ2v) is 4.19. The highest BCUT2D eigenvalue weighted by molar-refractivity contribution is 5.99. The minimum Gasteiger partial charge on any atom is -0.388 e. The molecule has 18 heavy (non-hydrogen) atoms. The molecule has 3 amide bonds. The van der Waals surface area contributed by atoms with E-state index >= 15 is 0 Å². The number of aliphatic hydroxyl groups excluding tert-OH is 3. The van der Waals surface area contributed by atoms with Crippen molar-refractivity contribution in [3.05, 3.63) is 0 Å². The molecule has 0 spiro atoms. The van der Waals surface area contributed by atoms with Crippen LogP contribution in [0.3, 0.4) is 0 Å². The molecule has 8 nitrogen and oxygen atoms in total. The molecule has 0 saturated carbocycles. The summed E-state index contributed by atoms with van der Waals surface area (Å²) in [6.07, 6.45) is -7.61. The van der Waals surface area contributed by atoms with Gasteiger partial charge in [0.05, 0.1) is 13.2 Å². The van der Waals surface area contributed by atoms with Crippen LogP contribution >= 0.6 is 0 Å². The van der Waals surface area contributed by atoms with Gasteiger partial charge in [-0.15, -0.1) is 0 Å². The number of nitrogens with zero attached hydrogens (tertiary/aromatic N) is 1. The van der Waals surface area contributed by atoms with Crippen molar-refractivity contribution in [1.82, 2.24) is 10.2 Å². The van der Waals surface area contributed by atoms with Crippen molar-refractivity contribution in [2.24, 2.45) is 0 Å². The van der Waals surface area contributed by atoms with Crippen molar-refractivity contribution in [1.29, 1.82) is 0 Å². The molecule has 5 atom stereocenters. The Labute approximate surface area is 101 Å². The minimum absolute atomic E-state index is 0.308. The number of nitrogens with one attached hydrogen (secondary N) is 1. The monoisotopic (exact) mass is 264 g/mol. The highest BCUT2D eigenvalue weighted by Gasteiger charge is 2.45. The maximum atomic E-state index is 13.2. The predicted octanol–water partition coefficient (Wildman–Crippen LogP) is -2.68. The zero-order valence-electron chi connectivity index (χ0n) is 9.19. The first kappa shape index (κ1) is 13.1. The number of ether oxygens (including phenoxy) is 1. The molecule has 2 fully saturated rings. The van der Waals surface area contributed by atoms with Crippen molar-refractivity contribution in [2.75, 3.05) is 13.2 Å². The molecule has 0 aromatic carbocycles. The molecule has 1 unspecified atom stereocenters. The normalized spacial score (nSPS) is 41.8. The van der Waals surface area contributed by atoms with E-state index in [2.05, 4.69) is 0 Å². The van der Waals surface area contributed by atoms with E-state index in [1.165, 1.54) is 0 Å². The number of halogens is 1. The molecule has 0 radical (unpaired) electrons. The van der Waals surface area contributed by atoms with Crippen molar-refractivity contribution in [3.8, 4) is 0 Å². The van der Waals surface area contributed by atoms with Gasteiger partial charge in [0.25, 0.3) is 5.91 Å². The molecular weight excluding hydrogens is 251 g/mol. The first-order chi connectivity index (χ1) is 8.41. The van der Waals surface area contributed by atoms with Crippen LogP contribution in [0.2, 0.25) is 0 Å². The summed E-state index contributed by atoms with van der Waals surface area (Å²) >= 11 is 0. The van der Waals surface area contributed by atoms with Gasteiger partial charge >= 0.3 is 6.03 Å². The lowest BCUT2D eigenvalue weighted by molar-refractivity contribution is -0.221. The highest BCUT2D eigenvalue weighted by Crippen LogP contribution is 2.21. The molecule has 2 saturated heterocycles. The summed E-state index contributed by atoms with van der Waals surface area (Å²) in [5.41, 5.74) is 0. The fourth-order valence-electron chi connectivity index (χ4n) is 1.88. The van der Waals surface area contributed by atoms with Gasteiger partial charge in [-0.25, -0.2) is 9.18 Å². The van der Waals surface area contributed by atoms with Crippen LogP contribution in [-0.4, -0.2) is 76.0 Å². The zero-order valence-corrected chi connectivity index (χ0v) is 9.19. The third-order valence-electron chi connectivity index (χ3n) is 2.91. The number of urea groups is 1. The average Bonchev–Trinajstić information content (AvgIpc) is 2.32. The lowest BCUT2D eigenvalue weighted by Gasteiger charge is -2.42. The Bertz CT molecular complexity index is 367. The summed E-state index contributed by atoms with van der Waals surface area (Å²) in [5, 5.41) is 30.1. The lowest BCUT2D eigenvalue weighted by atomic mass is 10.0. The van der Waals surface area contributed by atoms with Crippen LogP contribution in [0.5, 0.6) is 0 Å². The van der Waals surface area contributed by atoms with Crippen molar-refractivity contribution < 1.29 is 34.0 Å². The number of aliphatic hydroxyl groups is 3. The first-order valence-electron chi connectivity index (χ1n) is 5.33. The molecule has 0 aromatic heterocycles. The molecule has 0 aliphatic carbocycles. The molecule has 2 rings (SSSR count). The maximum absolute atomic E-state index is 13.2. The number of amides is 3. The van der Waals surface area contributed by atoms with Gasteiger partial charge in [-0.1, -0.05) is 0 Å². The van der Waals surface area contributed by atoms with E-state index in [-0.39, 0.29) is 6.61 Å². The smallest absolute Gasteiger partial charge is 0.326 e.